The van der Waals surface area contributed by atoms with Gasteiger partial charge in [-0.1, -0.05) is 0 Å². The molecule has 0 unspecified atom stereocenters. The molecule has 3 rings (SSSR count). The fourth-order valence-electron chi connectivity index (χ4n) is 3.49. The van der Waals surface area contributed by atoms with Crippen LogP contribution in [0.3, 0.4) is 0 Å². The van der Waals surface area contributed by atoms with E-state index in [1.54, 1.807) is 12.1 Å². The van der Waals surface area contributed by atoms with Crippen molar-refractivity contribution in [3.8, 4) is 11.5 Å². The van der Waals surface area contributed by atoms with Gasteiger partial charge in [0, 0.05) is 37.3 Å². The number of hydrogen-bond donors (Lipinski definition) is 1. The van der Waals surface area contributed by atoms with Crippen LogP contribution < -0.4 is 14.8 Å². The number of piperazine rings is 1. The van der Waals surface area contributed by atoms with Crippen LogP contribution in [-0.4, -0.2) is 74.5 Å². The molecule has 1 aliphatic rings. The number of amides is 3. The van der Waals surface area contributed by atoms with Gasteiger partial charge in [0.2, 0.25) is 5.91 Å². The molecule has 182 valence electrons. The van der Waals surface area contributed by atoms with E-state index in [9.17, 15) is 27.6 Å². The van der Waals surface area contributed by atoms with Crippen LogP contribution in [-0.2, 0) is 11.0 Å². The highest BCUT2D eigenvalue weighted by atomic mass is 19.4. The quantitative estimate of drug-likeness (QED) is 0.688. The molecule has 0 saturated carbocycles. The molecular formula is C23H24F3N3O5. The third-order valence-electron chi connectivity index (χ3n) is 5.42. The number of methoxy groups -OCH3 is 2. The fraction of sp³-hybridized carbons (Fsp3) is 0.348. The largest absolute Gasteiger partial charge is 0.493 e. The molecule has 2 aromatic carbocycles. The Hall–Kier alpha value is -3.76. The Morgan fingerprint density at radius 3 is 1.97 bits per heavy atom. The summed E-state index contributed by atoms with van der Waals surface area (Å²) < 4.78 is 48.4. The van der Waals surface area contributed by atoms with Crippen LogP contribution in [0.15, 0.2) is 42.5 Å². The highest BCUT2D eigenvalue weighted by Crippen LogP contribution is 2.29. The molecule has 1 heterocycles. The average molecular weight is 479 g/mol. The molecule has 0 aromatic heterocycles. The molecule has 3 amide bonds. The highest BCUT2D eigenvalue weighted by molar-refractivity contribution is 5.97. The molecule has 0 aliphatic carbocycles. The van der Waals surface area contributed by atoms with Gasteiger partial charge in [-0.05, 0) is 42.5 Å². The van der Waals surface area contributed by atoms with E-state index in [1.807, 2.05) is 0 Å². The summed E-state index contributed by atoms with van der Waals surface area (Å²) in [4.78, 5) is 40.4. The molecule has 0 atom stereocenters. The lowest BCUT2D eigenvalue weighted by atomic mass is 10.1. The fourth-order valence-corrected chi connectivity index (χ4v) is 3.49. The predicted octanol–water partition coefficient (Wildman–Crippen LogP) is 2.44. The minimum absolute atomic E-state index is 0.148. The van der Waals surface area contributed by atoms with Crippen molar-refractivity contribution in [1.29, 1.82) is 0 Å². The third-order valence-corrected chi connectivity index (χ3v) is 5.42. The van der Waals surface area contributed by atoms with Gasteiger partial charge in [-0.25, -0.2) is 0 Å². The number of nitrogens with zero attached hydrogens (tertiary/aromatic N) is 2. The molecule has 0 bridgehead atoms. The standard InChI is InChI=1S/C23H24F3N3O5/c1-33-18-8-5-16(13-19(18)34-2)21(31)27-14-20(30)28-9-11-29(12-10-28)22(32)15-3-6-17(7-4-15)23(24,25)26/h3-8,13H,9-12,14H2,1-2H3,(H,27,31). The SMILES string of the molecule is COc1ccc(C(=O)NCC(=O)N2CCN(C(=O)c3ccc(C(F)(F)F)cc3)CC2)cc1OC. The summed E-state index contributed by atoms with van der Waals surface area (Å²) in [5, 5.41) is 2.56. The number of nitrogens with one attached hydrogen (secondary N) is 1. The lowest BCUT2D eigenvalue weighted by Gasteiger charge is -2.35. The first kappa shape index (κ1) is 24.9. The minimum atomic E-state index is -4.47. The summed E-state index contributed by atoms with van der Waals surface area (Å²) >= 11 is 0. The summed E-state index contributed by atoms with van der Waals surface area (Å²) in [6, 6.07) is 8.67. The Balaban J connectivity index is 1.50. The number of ether oxygens (including phenoxy) is 2. The minimum Gasteiger partial charge on any atom is -0.493 e. The Morgan fingerprint density at radius 2 is 1.41 bits per heavy atom. The van der Waals surface area contributed by atoms with E-state index in [2.05, 4.69) is 5.32 Å². The molecule has 2 aromatic rings. The number of benzene rings is 2. The molecule has 1 fully saturated rings. The maximum absolute atomic E-state index is 12.7. The molecule has 34 heavy (non-hydrogen) atoms. The van der Waals surface area contributed by atoms with E-state index in [0.717, 1.165) is 24.3 Å². The summed E-state index contributed by atoms with van der Waals surface area (Å²) in [7, 11) is 2.93. The van der Waals surface area contributed by atoms with Crippen LogP contribution >= 0.6 is 0 Å². The van der Waals surface area contributed by atoms with E-state index < -0.39 is 23.6 Å². The second kappa shape index (κ2) is 10.4. The molecule has 11 heteroatoms. The van der Waals surface area contributed by atoms with Crippen LogP contribution in [0.25, 0.3) is 0 Å². The smallest absolute Gasteiger partial charge is 0.416 e. The Kier molecular flexibility index (Phi) is 7.64. The molecule has 1 N–H and O–H groups in total. The van der Waals surface area contributed by atoms with E-state index in [-0.39, 0.29) is 44.2 Å². The first-order valence-electron chi connectivity index (χ1n) is 10.4. The van der Waals surface area contributed by atoms with Crippen LogP contribution in [0.4, 0.5) is 13.2 Å². The monoisotopic (exact) mass is 479 g/mol. The normalized spacial score (nSPS) is 13.9. The van der Waals surface area contributed by atoms with Crippen LogP contribution in [0, 0.1) is 0 Å². The van der Waals surface area contributed by atoms with Crippen molar-refractivity contribution in [2.75, 3.05) is 46.9 Å². The van der Waals surface area contributed by atoms with E-state index in [4.69, 9.17) is 9.47 Å². The third kappa shape index (κ3) is 5.77. The Bertz CT molecular complexity index is 1050. The second-order valence-corrected chi connectivity index (χ2v) is 7.50. The van der Waals surface area contributed by atoms with Crippen LogP contribution in [0.2, 0.25) is 0 Å². The highest BCUT2D eigenvalue weighted by Gasteiger charge is 2.31. The lowest BCUT2D eigenvalue weighted by Crippen LogP contribution is -2.52. The van der Waals surface area contributed by atoms with E-state index >= 15 is 0 Å². The molecule has 0 radical (unpaired) electrons. The summed E-state index contributed by atoms with van der Waals surface area (Å²) in [5.41, 5.74) is -0.373. The number of rotatable bonds is 6. The van der Waals surface area contributed by atoms with Gasteiger partial charge in [-0.3, -0.25) is 14.4 Å². The lowest BCUT2D eigenvalue weighted by molar-refractivity contribution is -0.137. The number of alkyl halides is 3. The van der Waals surface area contributed by atoms with Crippen molar-refractivity contribution < 1.29 is 37.0 Å². The Labute approximate surface area is 194 Å². The zero-order valence-corrected chi connectivity index (χ0v) is 18.6. The number of hydrogen-bond acceptors (Lipinski definition) is 5. The molecule has 1 saturated heterocycles. The predicted molar refractivity (Wildman–Crippen MR) is 116 cm³/mol. The summed E-state index contributed by atoms with van der Waals surface area (Å²) in [5.74, 6) is -0.308. The number of halogens is 3. The zero-order valence-electron chi connectivity index (χ0n) is 18.6. The number of carbonyl (C=O) groups is 3. The molecule has 0 spiro atoms. The zero-order chi connectivity index (χ0) is 24.9. The maximum Gasteiger partial charge on any atom is 0.416 e. The van der Waals surface area contributed by atoms with E-state index in [0.29, 0.717) is 17.1 Å². The average Bonchev–Trinajstić information content (AvgIpc) is 2.85. The van der Waals surface area contributed by atoms with Crippen molar-refractivity contribution in [3.05, 3.63) is 59.2 Å². The van der Waals surface area contributed by atoms with Gasteiger partial charge in [-0.2, -0.15) is 13.2 Å². The second-order valence-electron chi connectivity index (χ2n) is 7.50. The van der Waals surface area contributed by atoms with Gasteiger partial charge < -0.3 is 24.6 Å². The molecule has 8 nitrogen and oxygen atoms in total. The first-order chi connectivity index (χ1) is 16.1. The van der Waals surface area contributed by atoms with Crippen molar-refractivity contribution in [1.82, 2.24) is 15.1 Å². The van der Waals surface area contributed by atoms with Gasteiger partial charge in [0.05, 0.1) is 26.3 Å². The summed E-state index contributed by atoms with van der Waals surface area (Å²) in [6.07, 6.45) is -4.47. The van der Waals surface area contributed by atoms with Crippen molar-refractivity contribution in [2.24, 2.45) is 0 Å². The maximum atomic E-state index is 12.7. The first-order valence-corrected chi connectivity index (χ1v) is 10.4. The van der Waals surface area contributed by atoms with Crippen molar-refractivity contribution >= 4 is 17.7 Å². The topological polar surface area (TPSA) is 88.2 Å². The summed E-state index contributed by atoms with van der Waals surface area (Å²) in [6.45, 7) is 0.735. The van der Waals surface area contributed by atoms with Gasteiger partial charge >= 0.3 is 6.18 Å². The van der Waals surface area contributed by atoms with Gasteiger partial charge in [0.1, 0.15) is 0 Å². The van der Waals surface area contributed by atoms with Gasteiger partial charge in [0.25, 0.3) is 11.8 Å². The van der Waals surface area contributed by atoms with Crippen molar-refractivity contribution in [2.45, 2.75) is 6.18 Å². The van der Waals surface area contributed by atoms with Gasteiger partial charge in [-0.15, -0.1) is 0 Å². The van der Waals surface area contributed by atoms with Crippen molar-refractivity contribution in [3.63, 3.8) is 0 Å². The number of carbonyl (C=O) groups excluding carboxylic acids is 3. The van der Waals surface area contributed by atoms with E-state index in [1.165, 1.54) is 30.1 Å². The molecule has 1 aliphatic heterocycles. The van der Waals surface area contributed by atoms with Crippen LogP contribution in [0.5, 0.6) is 11.5 Å². The van der Waals surface area contributed by atoms with Gasteiger partial charge in [0.15, 0.2) is 11.5 Å². The Morgan fingerprint density at radius 1 is 0.853 bits per heavy atom. The molecular weight excluding hydrogens is 455 g/mol. The van der Waals surface area contributed by atoms with Crippen LogP contribution in [0.1, 0.15) is 26.3 Å².